The van der Waals surface area contributed by atoms with E-state index >= 15 is 0 Å². The zero-order chi connectivity index (χ0) is 23.9. The molecule has 1 fully saturated rings. The highest BCUT2D eigenvalue weighted by Crippen LogP contribution is 2.44. The van der Waals surface area contributed by atoms with Crippen molar-refractivity contribution in [2.45, 2.75) is 27.7 Å². The van der Waals surface area contributed by atoms with E-state index in [9.17, 15) is 14.4 Å². The van der Waals surface area contributed by atoms with Crippen molar-refractivity contribution in [1.82, 2.24) is 4.90 Å². The van der Waals surface area contributed by atoms with Gasteiger partial charge in [-0.25, -0.2) is 0 Å². The number of nitrogens with zero attached hydrogens (tertiary/aromatic N) is 2. The van der Waals surface area contributed by atoms with Crippen molar-refractivity contribution in [3.63, 3.8) is 0 Å². The molecular weight excluding hydrogens is 454 g/mol. The van der Waals surface area contributed by atoms with E-state index in [1.54, 1.807) is 17.0 Å². The second kappa shape index (κ2) is 9.11. The third kappa shape index (κ3) is 4.45. The van der Waals surface area contributed by atoms with Gasteiger partial charge in [0.2, 0.25) is 5.91 Å². The minimum absolute atomic E-state index is 0.154. The molecule has 1 N–H and O–H groups in total. The Morgan fingerprint density at radius 2 is 1.79 bits per heavy atom. The number of hydrogen-bond acceptors (Lipinski definition) is 5. The fourth-order valence-corrected chi connectivity index (χ4v) is 5.36. The van der Waals surface area contributed by atoms with Crippen molar-refractivity contribution in [3.05, 3.63) is 64.1 Å². The van der Waals surface area contributed by atoms with Crippen molar-refractivity contribution in [1.29, 1.82) is 0 Å². The molecule has 2 heterocycles. The number of carbonyl (C=O) groups is 3. The van der Waals surface area contributed by atoms with Gasteiger partial charge in [0.15, 0.2) is 0 Å². The first kappa shape index (κ1) is 23.2. The third-order valence-electron chi connectivity index (χ3n) is 5.50. The smallest absolute Gasteiger partial charge is 0.267 e. The molecule has 170 valence electrons. The van der Waals surface area contributed by atoms with Crippen molar-refractivity contribution < 1.29 is 14.4 Å². The van der Waals surface area contributed by atoms with E-state index in [1.807, 2.05) is 58.0 Å². The lowest BCUT2D eigenvalue weighted by Crippen LogP contribution is -2.36. The van der Waals surface area contributed by atoms with Crippen LogP contribution in [-0.4, -0.2) is 40.0 Å². The van der Waals surface area contributed by atoms with Crippen LogP contribution in [0.2, 0.25) is 0 Å². The number of carbonyl (C=O) groups excluding carboxylic acids is 3. The predicted octanol–water partition coefficient (Wildman–Crippen LogP) is 4.52. The molecule has 0 unspecified atom stereocenters. The first-order chi connectivity index (χ1) is 15.7. The summed E-state index contributed by atoms with van der Waals surface area (Å²) in [5.41, 5.74) is 4.34. The van der Waals surface area contributed by atoms with Crippen LogP contribution in [0.5, 0.6) is 0 Å². The van der Waals surface area contributed by atoms with Gasteiger partial charge in [0, 0.05) is 17.8 Å². The summed E-state index contributed by atoms with van der Waals surface area (Å²) in [4.78, 5) is 42.8. The van der Waals surface area contributed by atoms with Crippen molar-refractivity contribution in [2.24, 2.45) is 5.92 Å². The Bertz CT molecular complexity index is 1220. The highest BCUT2D eigenvalue weighted by Gasteiger charge is 2.42. The van der Waals surface area contributed by atoms with Crippen LogP contribution in [-0.2, 0) is 14.4 Å². The van der Waals surface area contributed by atoms with Crippen LogP contribution < -0.4 is 10.2 Å². The molecule has 2 aromatic carbocycles. The lowest BCUT2D eigenvalue weighted by Gasteiger charge is -2.17. The summed E-state index contributed by atoms with van der Waals surface area (Å²) in [7, 11) is 0. The van der Waals surface area contributed by atoms with Gasteiger partial charge in [-0.1, -0.05) is 73.7 Å². The maximum absolute atomic E-state index is 13.5. The minimum atomic E-state index is -0.364. The molecule has 0 aliphatic carbocycles. The number of para-hydroxylation sites is 1. The number of nitrogens with one attached hydrogen (secondary N) is 1. The summed E-state index contributed by atoms with van der Waals surface area (Å²) in [6, 6.07) is 13.0. The third-order valence-corrected chi connectivity index (χ3v) is 6.95. The van der Waals surface area contributed by atoms with Crippen LogP contribution in [0.25, 0.3) is 5.57 Å². The molecule has 33 heavy (non-hydrogen) atoms. The first-order valence-corrected chi connectivity index (χ1v) is 12.0. The number of amides is 3. The molecule has 2 aromatic rings. The number of thiocarbonyl (C=S) groups is 1. The van der Waals surface area contributed by atoms with Gasteiger partial charge in [0.25, 0.3) is 11.8 Å². The van der Waals surface area contributed by atoms with Crippen LogP contribution in [0.4, 0.5) is 11.4 Å². The number of thioether (sulfide) groups is 1. The number of hydrogen-bond donors (Lipinski definition) is 1. The minimum Gasteiger partial charge on any atom is -0.324 e. The molecule has 0 radical (unpaired) electrons. The SMILES string of the molecule is Cc1ccc(NC(=O)CN2C(=O)/C(=C3/SC(=S)N(CC(C)C)C3=O)c3ccccc32)c(C)c1. The molecular formula is C25H25N3O3S2. The predicted molar refractivity (Wildman–Crippen MR) is 137 cm³/mol. The Kier molecular flexibility index (Phi) is 6.41. The van der Waals surface area contributed by atoms with E-state index in [0.717, 1.165) is 22.9 Å². The van der Waals surface area contributed by atoms with E-state index < -0.39 is 0 Å². The highest BCUT2D eigenvalue weighted by atomic mass is 32.2. The van der Waals surface area contributed by atoms with Crippen molar-refractivity contribution in [2.75, 3.05) is 23.3 Å². The molecule has 0 atom stereocenters. The summed E-state index contributed by atoms with van der Waals surface area (Å²) in [6.45, 7) is 8.29. The molecule has 0 bridgehead atoms. The van der Waals surface area contributed by atoms with Gasteiger partial charge in [-0.3, -0.25) is 24.2 Å². The normalized spacial score (nSPS) is 17.9. The monoisotopic (exact) mass is 479 g/mol. The molecule has 2 aliphatic rings. The molecule has 1 saturated heterocycles. The second-order valence-electron chi connectivity index (χ2n) is 8.66. The number of anilines is 2. The van der Waals surface area contributed by atoms with Crippen LogP contribution in [0.15, 0.2) is 47.4 Å². The van der Waals surface area contributed by atoms with Gasteiger partial charge in [-0.2, -0.15) is 0 Å². The highest BCUT2D eigenvalue weighted by molar-refractivity contribution is 8.26. The summed E-state index contributed by atoms with van der Waals surface area (Å²) >= 11 is 6.58. The molecule has 8 heteroatoms. The molecule has 3 amide bonds. The topological polar surface area (TPSA) is 69.7 Å². The van der Waals surface area contributed by atoms with Gasteiger partial charge >= 0.3 is 0 Å². The quantitative estimate of drug-likeness (QED) is 0.505. The average Bonchev–Trinajstić information content (AvgIpc) is 3.17. The molecule has 0 aromatic heterocycles. The fraction of sp³-hybridized carbons (Fsp3) is 0.280. The summed E-state index contributed by atoms with van der Waals surface area (Å²) in [6.07, 6.45) is 0. The van der Waals surface area contributed by atoms with Gasteiger partial charge in [-0.15, -0.1) is 0 Å². The number of rotatable bonds is 5. The van der Waals surface area contributed by atoms with Crippen molar-refractivity contribution >= 4 is 63.0 Å². The Morgan fingerprint density at radius 1 is 1.06 bits per heavy atom. The molecule has 0 spiro atoms. The van der Waals surface area contributed by atoms with Crippen LogP contribution in [0.3, 0.4) is 0 Å². The van der Waals surface area contributed by atoms with Gasteiger partial charge in [0.1, 0.15) is 10.9 Å². The van der Waals surface area contributed by atoms with Crippen LogP contribution in [0, 0.1) is 19.8 Å². The molecule has 0 saturated carbocycles. The standard InChI is InChI=1S/C25H25N3O3S2/c1-14(2)12-28-24(31)22(33-25(28)32)21-17-7-5-6-8-19(17)27(23(21)30)13-20(29)26-18-10-9-15(3)11-16(18)4/h5-11,14H,12-13H2,1-4H3,(H,26,29)/b22-21+. The first-order valence-electron chi connectivity index (χ1n) is 10.7. The van der Waals surface area contributed by atoms with E-state index in [0.29, 0.717) is 38.3 Å². The Labute approximate surface area is 203 Å². The van der Waals surface area contributed by atoms with E-state index in [1.165, 1.54) is 4.90 Å². The lowest BCUT2D eigenvalue weighted by molar-refractivity contribution is -0.122. The zero-order valence-electron chi connectivity index (χ0n) is 19.0. The Balaban J connectivity index is 1.64. The van der Waals surface area contributed by atoms with Crippen molar-refractivity contribution in [3.8, 4) is 0 Å². The molecule has 6 nitrogen and oxygen atoms in total. The summed E-state index contributed by atoms with van der Waals surface area (Å²) < 4.78 is 0.451. The van der Waals surface area contributed by atoms with E-state index in [4.69, 9.17) is 12.2 Å². The summed E-state index contributed by atoms with van der Waals surface area (Å²) in [5, 5.41) is 2.89. The van der Waals surface area contributed by atoms with E-state index in [-0.39, 0.29) is 30.2 Å². The average molecular weight is 480 g/mol. The molecule has 4 rings (SSSR count). The maximum Gasteiger partial charge on any atom is 0.267 e. The maximum atomic E-state index is 13.5. The van der Waals surface area contributed by atoms with Crippen LogP contribution >= 0.6 is 24.0 Å². The van der Waals surface area contributed by atoms with Gasteiger partial charge < -0.3 is 5.32 Å². The Morgan fingerprint density at radius 3 is 2.48 bits per heavy atom. The van der Waals surface area contributed by atoms with Crippen LogP contribution in [0.1, 0.15) is 30.5 Å². The number of fused-ring (bicyclic) bond motifs is 1. The molecule has 2 aliphatic heterocycles. The Hall–Kier alpha value is -2.97. The number of aryl methyl sites for hydroxylation is 2. The largest absolute Gasteiger partial charge is 0.324 e. The summed E-state index contributed by atoms with van der Waals surface area (Å²) in [5.74, 6) is -0.678. The zero-order valence-corrected chi connectivity index (χ0v) is 20.6. The fourth-order valence-electron chi connectivity index (χ4n) is 4.02. The van der Waals surface area contributed by atoms with E-state index in [2.05, 4.69) is 5.32 Å². The number of benzene rings is 2. The second-order valence-corrected chi connectivity index (χ2v) is 10.3. The van der Waals surface area contributed by atoms with Gasteiger partial charge in [0.05, 0.1) is 16.2 Å². The lowest BCUT2D eigenvalue weighted by atomic mass is 10.1. The van der Waals surface area contributed by atoms with Gasteiger partial charge in [-0.05, 0) is 37.5 Å².